The van der Waals surface area contributed by atoms with E-state index in [1.807, 2.05) is 19.1 Å². The molecule has 0 saturated heterocycles. The molecule has 3 atom stereocenters. The standard InChI is InChI=1S/C18H22N2O3S/c1-2-24(23)16-10-6-5-9-14(16)19-18(22)15-11-12-7-3-4-8-13(12)17(21)20-15/h3-4,7-8,11,14,16H,2,5-6,9-10H2,1H3,(H,19,22)(H,20,21)/t14-,16+,24+/m0/s1. The zero-order valence-electron chi connectivity index (χ0n) is 13.7. The van der Waals surface area contributed by atoms with Gasteiger partial charge in [-0.2, -0.15) is 0 Å². The zero-order chi connectivity index (χ0) is 17.1. The molecule has 1 fully saturated rings. The molecule has 1 aromatic carbocycles. The topological polar surface area (TPSA) is 79.0 Å². The lowest BCUT2D eigenvalue weighted by Crippen LogP contribution is -2.47. The van der Waals surface area contributed by atoms with Crippen LogP contribution in [0.2, 0.25) is 0 Å². The molecule has 5 nitrogen and oxygen atoms in total. The molecule has 0 spiro atoms. The van der Waals surface area contributed by atoms with Crippen molar-refractivity contribution in [2.75, 3.05) is 5.75 Å². The van der Waals surface area contributed by atoms with E-state index in [0.29, 0.717) is 11.1 Å². The van der Waals surface area contributed by atoms with E-state index >= 15 is 0 Å². The molecule has 1 aliphatic rings. The lowest BCUT2D eigenvalue weighted by molar-refractivity contribution is 0.0924. The third kappa shape index (κ3) is 3.43. The number of carbonyl (C=O) groups excluding carboxylic acids is 1. The lowest BCUT2D eigenvalue weighted by atomic mass is 9.94. The first-order chi connectivity index (χ1) is 11.6. The van der Waals surface area contributed by atoms with Crippen LogP contribution in [0.3, 0.4) is 0 Å². The number of carbonyl (C=O) groups is 1. The molecule has 6 heteroatoms. The Morgan fingerprint density at radius 2 is 2.04 bits per heavy atom. The van der Waals surface area contributed by atoms with Gasteiger partial charge in [0.25, 0.3) is 11.5 Å². The molecule has 128 valence electrons. The van der Waals surface area contributed by atoms with E-state index in [2.05, 4.69) is 10.3 Å². The van der Waals surface area contributed by atoms with Crippen LogP contribution in [-0.2, 0) is 10.8 Å². The maximum Gasteiger partial charge on any atom is 0.268 e. The summed E-state index contributed by atoms with van der Waals surface area (Å²) in [7, 11) is -0.930. The van der Waals surface area contributed by atoms with Gasteiger partial charge in [0.2, 0.25) is 0 Å². The molecule has 1 heterocycles. The minimum absolute atomic E-state index is 0.000113. The van der Waals surface area contributed by atoms with Crippen LogP contribution in [0.1, 0.15) is 43.1 Å². The Morgan fingerprint density at radius 1 is 1.29 bits per heavy atom. The number of hydrogen-bond donors (Lipinski definition) is 2. The summed E-state index contributed by atoms with van der Waals surface area (Å²) in [5.74, 6) is 0.298. The second-order valence-corrected chi connectivity index (χ2v) is 8.12. The number of aromatic amines is 1. The van der Waals surface area contributed by atoms with Crippen LogP contribution < -0.4 is 10.9 Å². The number of benzene rings is 1. The second-order valence-electron chi connectivity index (χ2n) is 6.17. The SMILES string of the molecule is CC[S@@](=O)[C@@H]1CCCC[C@@H]1NC(=O)c1cc2ccccc2c(=O)[nH]1. The molecular formula is C18H22N2O3S. The average Bonchev–Trinajstić information content (AvgIpc) is 2.61. The van der Waals surface area contributed by atoms with Crippen molar-refractivity contribution >= 4 is 27.5 Å². The molecule has 0 aliphatic heterocycles. The molecule has 3 rings (SSSR count). The predicted molar refractivity (Wildman–Crippen MR) is 96.8 cm³/mol. The first-order valence-electron chi connectivity index (χ1n) is 8.40. The summed E-state index contributed by atoms with van der Waals surface area (Å²) in [6.07, 6.45) is 3.78. The van der Waals surface area contributed by atoms with Gasteiger partial charge >= 0.3 is 0 Å². The van der Waals surface area contributed by atoms with Crippen molar-refractivity contribution in [3.63, 3.8) is 0 Å². The predicted octanol–water partition coefficient (Wildman–Crippen LogP) is 2.34. The molecule has 1 amide bonds. The summed E-state index contributed by atoms with van der Waals surface area (Å²) >= 11 is 0. The largest absolute Gasteiger partial charge is 0.347 e. The fourth-order valence-electron chi connectivity index (χ4n) is 3.37. The maximum absolute atomic E-state index is 12.6. The Labute approximate surface area is 143 Å². The van der Waals surface area contributed by atoms with Crippen molar-refractivity contribution in [2.45, 2.75) is 43.9 Å². The van der Waals surface area contributed by atoms with Gasteiger partial charge in [0.15, 0.2) is 0 Å². The van der Waals surface area contributed by atoms with Crippen LogP contribution >= 0.6 is 0 Å². The number of amides is 1. The van der Waals surface area contributed by atoms with Gasteiger partial charge < -0.3 is 10.3 Å². The van der Waals surface area contributed by atoms with Crippen LogP contribution in [0.4, 0.5) is 0 Å². The summed E-state index contributed by atoms with van der Waals surface area (Å²) in [5.41, 5.74) is -0.0131. The van der Waals surface area contributed by atoms with Gasteiger partial charge in [-0.25, -0.2) is 0 Å². The number of rotatable bonds is 4. The Kier molecular flexibility index (Phi) is 5.14. The highest BCUT2D eigenvalue weighted by atomic mass is 32.2. The fraction of sp³-hybridized carbons (Fsp3) is 0.444. The summed E-state index contributed by atoms with van der Waals surface area (Å²) in [5, 5.41) is 4.30. The maximum atomic E-state index is 12.6. The fourth-order valence-corrected chi connectivity index (χ4v) is 4.80. The monoisotopic (exact) mass is 346 g/mol. The summed E-state index contributed by atoms with van der Waals surface area (Å²) in [4.78, 5) is 27.4. The Balaban J connectivity index is 1.84. The number of pyridine rings is 1. The third-order valence-electron chi connectivity index (χ3n) is 4.64. The highest BCUT2D eigenvalue weighted by Gasteiger charge is 2.30. The normalized spacial score (nSPS) is 22.2. The van der Waals surface area contributed by atoms with Crippen molar-refractivity contribution in [1.82, 2.24) is 10.3 Å². The van der Waals surface area contributed by atoms with E-state index < -0.39 is 10.8 Å². The first-order valence-corrected chi connectivity index (χ1v) is 9.78. The van der Waals surface area contributed by atoms with Gasteiger partial charge in [-0.3, -0.25) is 13.8 Å². The van der Waals surface area contributed by atoms with Gasteiger partial charge in [-0.1, -0.05) is 38.0 Å². The van der Waals surface area contributed by atoms with Crippen LogP contribution in [0, 0.1) is 0 Å². The van der Waals surface area contributed by atoms with E-state index in [0.717, 1.165) is 31.1 Å². The zero-order valence-corrected chi connectivity index (χ0v) is 14.5. The Bertz CT molecular complexity index is 830. The lowest BCUT2D eigenvalue weighted by Gasteiger charge is -2.31. The van der Waals surface area contributed by atoms with Crippen molar-refractivity contribution in [3.05, 3.63) is 46.4 Å². The molecule has 0 bridgehead atoms. The van der Waals surface area contributed by atoms with E-state index in [1.54, 1.807) is 18.2 Å². The molecule has 24 heavy (non-hydrogen) atoms. The van der Waals surface area contributed by atoms with E-state index in [4.69, 9.17) is 0 Å². The molecular weight excluding hydrogens is 324 g/mol. The molecule has 0 radical (unpaired) electrons. The summed E-state index contributed by atoms with van der Waals surface area (Å²) in [6, 6.07) is 8.78. The van der Waals surface area contributed by atoms with Crippen LogP contribution in [0.25, 0.3) is 10.8 Å². The minimum Gasteiger partial charge on any atom is -0.347 e. The smallest absolute Gasteiger partial charge is 0.268 e. The highest BCUT2D eigenvalue weighted by molar-refractivity contribution is 7.85. The Morgan fingerprint density at radius 3 is 2.83 bits per heavy atom. The quantitative estimate of drug-likeness (QED) is 0.892. The number of fused-ring (bicyclic) bond motifs is 1. The van der Waals surface area contributed by atoms with Crippen molar-refractivity contribution < 1.29 is 9.00 Å². The summed E-state index contributed by atoms with van der Waals surface area (Å²) < 4.78 is 12.2. The van der Waals surface area contributed by atoms with E-state index in [9.17, 15) is 13.8 Å². The van der Waals surface area contributed by atoms with Crippen LogP contribution in [-0.4, -0.2) is 32.1 Å². The van der Waals surface area contributed by atoms with Crippen molar-refractivity contribution in [1.29, 1.82) is 0 Å². The number of aromatic nitrogens is 1. The highest BCUT2D eigenvalue weighted by Crippen LogP contribution is 2.23. The number of H-pyrrole nitrogens is 1. The van der Waals surface area contributed by atoms with Gasteiger partial charge in [-0.15, -0.1) is 0 Å². The van der Waals surface area contributed by atoms with Crippen molar-refractivity contribution in [2.24, 2.45) is 0 Å². The van der Waals surface area contributed by atoms with Gasteiger partial charge in [0, 0.05) is 28.0 Å². The molecule has 2 aromatic rings. The number of hydrogen-bond acceptors (Lipinski definition) is 3. The molecule has 1 aliphatic carbocycles. The van der Waals surface area contributed by atoms with E-state index in [1.165, 1.54) is 0 Å². The minimum atomic E-state index is -0.930. The van der Waals surface area contributed by atoms with Crippen LogP contribution in [0.5, 0.6) is 0 Å². The molecule has 2 N–H and O–H groups in total. The average molecular weight is 346 g/mol. The molecule has 1 saturated carbocycles. The Hall–Kier alpha value is -1.95. The van der Waals surface area contributed by atoms with E-state index in [-0.39, 0.29) is 28.5 Å². The number of nitrogens with one attached hydrogen (secondary N) is 2. The second kappa shape index (κ2) is 7.30. The van der Waals surface area contributed by atoms with Gasteiger partial charge in [0.05, 0.1) is 5.25 Å². The first kappa shape index (κ1) is 16.9. The molecule has 1 aromatic heterocycles. The van der Waals surface area contributed by atoms with Gasteiger partial charge in [0.1, 0.15) is 5.69 Å². The molecule has 0 unspecified atom stereocenters. The van der Waals surface area contributed by atoms with Crippen molar-refractivity contribution in [3.8, 4) is 0 Å². The van der Waals surface area contributed by atoms with Gasteiger partial charge in [-0.05, 0) is 30.4 Å². The third-order valence-corrected chi connectivity index (χ3v) is 6.45. The van der Waals surface area contributed by atoms with Crippen LogP contribution in [0.15, 0.2) is 35.1 Å². The summed E-state index contributed by atoms with van der Waals surface area (Å²) in [6.45, 7) is 1.91.